The Labute approximate surface area is 81.2 Å². The molecule has 0 aliphatic rings. The van der Waals surface area contributed by atoms with Gasteiger partial charge in [0, 0.05) is 0 Å². The van der Waals surface area contributed by atoms with Crippen molar-refractivity contribution in [2.45, 2.75) is 6.42 Å². The summed E-state index contributed by atoms with van der Waals surface area (Å²) < 4.78 is 13.0. The largest absolute Gasteiger partial charge is 0.343 e. The Morgan fingerprint density at radius 2 is 2.21 bits per heavy atom. The summed E-state index contributed by atoms with van der Waals surface area (Å²) >= 11 is 0. The second kappa shape index (κ2) is 4.97. The predicted octanol–water partition coefficient (Wildman–Crippen LogP) is 1.01. The van der Waals surface area contributed by atoms with Crippen molar-refractivity contribution < 1.29 is 9.18 Å². The van der Waals surface area contributed by atoms with E-state index in [1.807, 2.05) is 0 Å². The van der Waals surface area contributed by atoms with Crippen LogP contribution in [-0.2, 0) is 11.2 Å². The van der Waals surface area contributed by atoms with Gasteiger partial charge in [0.05, 0.1) is 12.5 Å². The summed E-state index contributed by atoms with van der Waals surface area (Å²) in [5.41, 5.74) is 0.336. The Hall–Kier alpha value is -1.89. The number of amides is 1. The second-order valence-electron chi connectivity index (χ2n) is 2.70. The molecule has 0 bridgehead atoms. The average Bonchev–Trinajstić information content (AvgIpc) is 2.18. The van der Waals surface area contributed by atoms with Crippen LogP contribution in [0.3, 0.4) is 0 Å². The lowest BCUT2D eigenvalue weighted by Crippen LogP contribution is -2.25. The number of hydrogen-bond donors (Lipinski definition) is 1. The summed E-state index contributed by atoms with van der Waals surface area (Å²) in [6.45, 7) is -0.0483. The van der Waals surface area contributed by atoms with Gasteiger partial charge >= 0.3 is 0 Å². The molecule has 0 saturated heterocycles. The maximum Gasteiger partial charge on any atom is 0.225 e. The van der Waals surface area contributed by atoms with Crippen LogP contribution < -0.4 is 5.32 Å². The first-order valence-electron chi connectivity index (χ1n) is 4.11. The Kier molecular flexibility index (Phi) is 3.62. The summed E-state index contributed by atoms with van der Waals surface area (Å²) in [5.74, 6) is -0.753. The van der Waals surface area contributed by atoms with E-state index in [1.165, 1.54) is 6.07 Å². The molecule has 4 heteroatoms. The van der Waals surface area contributed by atoms with Gasteiger partial charge in [-0.05, 0) is 11.6 Å². The Bertz CT molecular complexity index is 371. The molecule has 1 rings (SSSR count). The lowest BCUT2D eigenvalue weighted by atomic mass is 10.1. The fourth-order valence-corrected chi connectivity index (χ4v) is 1.02. The number of carbonyl (C=O) groups excluding carboxylic acids is 1. The Morgan fingerprint density at radius 1 is 1.50 bits per heavy atom. The van der Waals surface area contributed by atoms with Gasteiger partial charge in [0.25, 0.3) is 0 Å². The van der Waals surface area contributed by atoms with Crippen molar-refractivity contribution in [3.8, 4) is 6.07 Å². The van der Waals surface area contributed by atoms with Crippen LogP contribution in [0.1, 0.15) is 5.56 Å². The molecule has 14 heavy (non-hydrogen) atoms. The number of nitriles is 1. The molecule has 3 nitrogen and oxygen atoms in total. The molecular formula is C10H9FN2O. The van der Waals surface area contributed by atoms with Crippen molar-refractivity contribution in [2.75, 3.05) is 6.54 Å². The van der Waals surface area contributed by atoms with Gasteiger partial charge in [-0.1, -0.05) is 18.2 Å². The molecule has 0 unspecified atom stereocenters. The number of carbonyl (C=O) groups is 1. The van der Waals surface area contributed by atoms with Crippen LogP contribution >= 0.6 is 0 Å². The number of hydrogen-bond acceptors (Lipinski definition) is 2. The fraction of sp³-hybridized carbons (Fsp3) is 0.200. The van der Waals surface area contributed by atoms with Crippen LogP contribution in [0.5, 0.6) is 0 Å². The summed E-state index contributed by atoms with van der Waals surface area (Å²) in [5, 5.41) is 10.5. The molecule has 0 spiro atoms. The highest BCUT2D eigenvalue weighted by molar-refractivity contribution is 5.78. The molecule has 0 aliphatic heterocycles. The fourth-order valence-electron chi connectivity index (χ4n) is 1.02. The minimum absolute atomic E-state index is 0.0334. The summed E-state index contributed by atoms with van der Waals surface area (Å²) in [7, 11) is 0. The first-order chi connectivity index (χ1) is 6.74. The van der Waals surface area contributed by atoms with E-state index >= 15 is 0 Å². The van der Waals surface area contributed by atoms with Gasteiger partial charge < -0.3 is 5.32 Å². The van der Waals surface area contributed by atoms with Crippen molar-refractivity contribution >= 4 is 5.91 Å². The topological polar surface area (TPSA) is 52.9 Å². The van der Waals surface area contributed by atoms with E-state index in [2.05, 4.69) is 5.32 Å². The molecule has 0 aliphatic carbocycles. The zero-order chi connectivity index (χ0) is 10.4. The molecule has 72 valence electrons. The van der Waals surface area contributed by atoms with E-state index in [0.717, 1.165) is 0 Å². The molecule has 1 aromatic rings. The van der Waals surface area contributed by atoms with Crippen molar-refractivity contribution in [1.29, 1.82) is 5.26 Å². The van der Waals surface area contributed by atoms with E-state index < -0.39 is 5.82 Å². The molecule has 0 radical (unpaired) electrons. The van der Waals surface area contributed by atoms with Crippen molar-refractivity contribution in [3.63, 3.8) is 0 Å². The van der Waals surface area contributed by atoms with E-state index in [0.29, 0.717) is 5.56 Å². The quantitative estimate of drug-likeness (QED) is 0.726. The van der Waals surface area contributed by atoms with Gasteiger partial charge in [-0.15, -0.1) is 0 Å². The van der Waals surface area contributed by atoms with Gasteiger partial charge in [0.1, 0.15) is 12.4 Å². The van der Waals surface area contributed by atoms with Crippen LogP contribution in [0.2, 0.25) is 0 Å². The van der Waals surface area contributed by atoms with Gasteiger partial charge in [-0.3, -0.25) is 4.79 Å². The molecule has 1 aromatic carbocycles. The highest BCUT2D eigenvalue weighted by Gasteiger charge is 2.06. The molecule has 1 amide bonds. The maximum atomic E-state index is 13.0. The number of benzene rings is 1. The predicted molar refractivity (Wildman–Crippen MR) is 48.7 cm³/mol. The van der Waals surface area contributed by atoms with Gasteiger partial charge in [-0.2, -0.15) is 5.26 Å². The van der Waals surface area contributed by atoms with Crippen molar-refractivity contribution in [3.05, 3.63) is 35.6 Å². The first-order valence-corrected chi connectivity index (χ1v) is 4.11. The van der Waals surface area contributed by atoms with E-state index in [9.17, 15) is 9.18 Å². The normalized spacial score (nSPS) is 9.14. The van der Waals surface area contributed by atoms with Gasteiger partial charge in [0.15, 0.2) is 0 Å². The number of rotatable bonds is 3. The smallest absolute Gasteiger partial charge is 0.225 e. The number of nitrogens with one attached hydrogen (secondary N) is 1. The molecule has 0 saturated carbocycles. The molecule has 0 fully saturated rings. The van der Waals surface area contributed by atoms with Crippen molar-refractivity contribution in [1.82, 2.24) is 5.32 Å². The molecule has 1 N–H and O–H groups in total. The van der Waals surface area contributed by atoms with Crippen LogP contribution in [0.4, 0.5) is 4.39 Å². The monoisotopic (exact) mass is 192 g/mol. The second-order valence-corrected chi connectivity index (χ2v) is 2.70. The molecular weight excluding hydrogens is 183 g/mol. The molecule has 0 heterocycles. The minimum atomic E-state index is -0.403. The van der Waals surface area contributed by atoms with Gasteiger partial charge in [0.2, 0.25) is 5.91 Å². The first kappa shape index (κ1) is 10.2. The number of nitrogens with zero attached hydrogens (tertiary/aromatic N) is 1. The average molecular weight is 192 g/mol. The van der Waals surface area contributed by atoms with E-state index in [-0.39, 0.29) is 18.9 Å². The SMILES string of the molecule is N#CCNC(=O)Cc1ccccc1F. The summed E-state index contributed by atoms with van der Waals surface area (Å²) in [6, 6.07) is 7.84. The highest BCUT2D eigenvalue weighted by Crippen LogP contribution is 2.06. The number of halogens is 1. The van der Waals surface area contributed by atoms with Gasteiger partial charge in [-0.25, -0.2) is 4.39 Å². The van der Waals surface area contributed by atoms with E-state index in [1.54, 1.807) is 24.3 Å². The van der Waals surface area contributed by atoms with Crippen LogP contribution in [0.25, 0.3) is 0 Å². The zero-order valence-electron chi connectivity index (χ0n) is 7.46. The molecule has 0 aromatic heterocycles. The standard InChI is InChI=1S/C10H9FN2O/c11-9-4-2-1-3-8(9)7-10(14)13-6-5-12/h1-4H,6-7H2,(H,13,14). The minimum Gasteiger partial charge on any atom is -0.343 e. The Balaban J connectivity index is 2.57. The maximum absolute atomic E-state index is 13.0. The van der Waals surface area contributed by atoms with Crippen LogP contribution in [-0.4, -0.2) is 12.5 Å². The summed E-state index contributed by atoms with van der Waals surface area (Å²) in [6.07, 6.45) is -0.0334. The third-order valence-electron chi connectivity index (χ3n) is 1.67. The Morgan fingerprint density at radius 3 is 2.86 bits per heavy atom. The van der Waals surface area contributed by atoms with Crippen LogP contribution in [0, 0.1) is 17.1 Å². The van der Waals surface area contributed by atoms with Crippen molar-refractivity contribution in [2.24, 2.45) is 0 Å². The summed E-state index contributed by atoms with van der Waals surface area (Å²) in [4.78, 5) is 11.1. The third kappa shape index (κ3) is 2.87. The lowest BCUT2D eigenvalue weighted by molar-refractivity contribution is -0.120. The van der Waals surface area contributed by atoms with Crippen LogP contribution in [0.15, 0.2) is 24.3 Å². The molecule has 0 atom stereocenters. The zero-order valence-corrected chi connectivity index (χ0v) is 7.46. The lowest BCUT2D eigenvalue weighted by Gasteiger charge is -2.01. The third-order valence-corrected chi connectivity index (χ3v) is 1.67. The highest BCUT2D eigenvalue weighted by atomic mass is 19.1. The van der Waals surface area contributed by atoms with E-state index in [4.69, 9.17) is 5.26 Å².